The van der Waals surface area contributed by atoms with Gasteiger partial charge in [0.05, 0.1) is 5.56 Å². The second-order valence-corrected chi connectivity index (χ2v) is 5.46. The Morgan fingerprint density at radius 1 is 1.47 bits per heavy atom. The normalized spacial score (nSPS) is 10.7. The Morgan fingerprint density at radius 2 is 2.26 bits per heavy atom. The molecule has 0 aliphatic heterocycles. The van der Waals surface area contributed by atoms with Crippen molar-refractivity contribution in [1.82, 2.24) is 15.2 Å². The first kappa shape index (κ1) is 13.5. The summed E-state index contributed by atoms with van der Waals surface area (Å²) in [6.07, 6.45) is 2.09. The van der Waals surface area contributed by atoms with Gasteiger partial charge < -0.3 is 0 Å². The van der Waals surface area contributed by atoms with Crippen LogP contribution in [0.3, 0.4) is 0 Å². The lowest BCUT2D eigenvalue weighted by Gasteiger charge is -2.01. The molecule has 0 spiro atoms. The monoisotopic (exact) mass is 280 g/mol. The fourth-order valence-electron chi connectivity index (χ4n) is 1.46. The van der Waals surface area contributed by atoms with E-state index in [0.29, 0.717) is 11.0 Å². The maximum absolute atomic E-state index is 13.3. The largest absolute Gasteiger partial charge is 0.296 e. The Bertz CT molecular complexity index is 585. The highest BCUT2D eigenvalue weighted by Gasteiger charge is 2.14. The molecule has 0 fully saturated rings. The van der Waals surface area contributed by atoms with E-state index in [0.717, 1.165) is 11.4 Å². The van der Waals surface area contributed by atoms with E-state index in [1.807, 2.05) is 0 Å². The zero-order valence-corrected chi connectivity index (χ0v) is 11.4. The van der Waals surface area contributed by atoms with Gasteiger partial charge in [-0.2, -0.15) is 4.39 Å². The second-order valence-electron chi connectivity index (χ2n) is 4.39. The Labute approximate surface area is 113 Å². The highest BCUT2D eigenvalue weighted by atomic mass is 32.1. The first-order valence-corrected chi connectivity index (χ1v) is 6.62. The van der Waals surface area contributed by atoms with Gasteiger partial charge in [0.1, 0.15) is 5.01 Å². The lowest BCUT2D eigenvalue weighted by molar-refractivity contribution is 0.102. The van der Waals surface area contributed by atoms with Crippen LogP contribution in [-0.2, 0) is 6.42 Å². The van der Waals surface area contributed by atoms with Crippen molar-refractivity contribution < 1.29 is 9.18 Å². The lowest BCUT2D eigenvalue weighted by Crippen LogP contribution is -2.14. The van der Waals surface area contributed by atoms with E-state index in [-0.39, 0.29) is 5.56 Å². The van der Waals surface area contributed by atoms with Gasteiger partial charge in [0.25, 0.3) is 5.91 Å². The number of rotatable bonds is 4. The summed E-state index contributed by atoms with van der Waals surface area (Å²) in [6.45, 7) is 4.15. The smallest absolute Gasteiger partial charge is 0.262 e. The van der Waals surface area contributed by atoms with Crippen molar-refractivity contribution in [3.05, 3.63) is 34.8 Å². The van der Waals surface area contributed by atoms with Crippen molar-refractivity contribution in [1.29, 1.82) is 0 Å². The predicted molar refractivity (Wildman–Crippen MR) is 70.6 cm³/mol. The van der Waals surface area contributed by atoms with Gasteiger partial charge in [-0.25, -0.2) is 4.98 Å². The topological polar surface area (TPSA) is 67.8 Å². The summed E-state index contributed by atoms with van der Waals surface area (Å²) in [7, 11) is 0. The minimum Gasteiger partial charge on any atom is -0.296 e. The van der Waals surface area contributed by atoms with Crippen molar-refractivity contribution in [3.63, 3.8) is 0 Å². The molecule has 0 atom stereocenters. The molecule has 7 heteroatoms. The zero-order chi connectivity index (χ0) is 13.8. The molecule has 2 heterocycles. The minimum atomic E-state index is -0.799. The van der Waals surface area contributed by atoms with Gasteiger partial charge >= 0.3 is 0 Å². The maximum atomic E-state index is 13.3. The van der Waals surface area contributed by atoms with Crippen molar-refractivity contribution in [3.8, 4) is 0 Å². The molecule has 0 saturated heterocycles. The molecule has 1 N–H and O–H groups in total. The highest BCUT2D eigenvalue weighted by Crippen LogP contribution is 2.19. The van der Waals surface area contributed by atoms with Crippen LogP contribution in [0.15, 0.2) is 18.3 Å². The van der Waals surface area contributed by atoms with Crippen LogP contribution < -0.4 is 5.32 Å². The van der Waals surface area contributed by atoms with Gasteiger partial charge in [0, 0.05) is 12.6 Å². The molecule has 0 radical (unpaired) electrons. The van der Waals surface area contributed by atoms with E-state index >= 15 is 0 Å². The van der Waals surface area contributed by atoms with Crippen LogP contribution in [0, 0.1) is 11.9 Å². The van der Waals surface area contributed by atoms with Crippen LogP contribution in [0.5, 0.6) is 0 Å². The summed E-state index contributed by atoms with van der Waals surface area (Å²) in [6, 6.07) is 2.87. The Balaban J connectivity index is 2.07. The molecule has 0 unspecified atom stereocenters. The zero-order valence-electron chi connectivity index (χ0n) is 10.6. The van der Waals surface area contributed by atoms with E-state index in [1.165, 1.54) is 29.7 Å². The number of hydrogen-bond acceptors (Lipinski definition) is 5. The number of halogens is 1. The third-order valence-corrected chi connectivity index (χ3v) is 3.13. The molecule has 0 aliphatic carbocycles. The number of amides is 1. The molecule has 19 heavy (non-hydrogen) atoms. The second kappa shape index (κ2) is 5.83. The van der Waals surface area contributed by atoms with Crippen LogP contribution in [0.1, 0.15) is 29.2 Å². The maximum Gasteiger partial charge on any atom is 0.262 e. The third kappa shape index (κ3) is 3.54. The number of carbonyl (C=O) groups excluding carboxylic acids is 1. The number of carbonyl (C=O) groups is 1. The van der Waals surface area contributed by atoms with Crippen LogP contribution in [0.2, 0.25) is 0 Å². The van der Waals surface area contributed by atoms with Gasteiger partial charge in [0.2, 0.25) is 11.1 Å². The minimum absolute atomic E-state index is 0.108. The van der Waals surface area contributed by atoms with Crippen molar-refractivity contribution in [2.45, 2.75) is 20.3 Å². The van der Waals surface area contributed by atoms with Gasteiger partial charge in [-0.15, -0.1) is 10.2 Å². The molecule has 0 saturated carbocycles. The van der Waals surface area contributed by atoms with Gasteiger partial charge in [-0.1, -0.05) is 25.2 Å². The van der Waals surface area contributed by atoms with E-state index in [2.05, 4.69) is 34.3 Å². The molecule has 2 aromatic heterocycles. The van der Waals surface area contributed by atoms with Crippen LogP contribution in [-0.4, -0.2) is 21.1 Å². The molecular weight excluding hydrogens is 267 g/mol. The third-order valence-electron chi connectivity index (χ3n) is 2.27. The summed E-state index contributed by atoms with van der Waals surface area (Å²) in [5.74, 6) is -0.906. The molecule has 2 aromatic rings. The number of anilines is 1. The van der Waals surface area contributed by atoms with E-state index in [1.54, 1.807) is 0 Å². The molecule has 100 valence electrons. The molecule has 2 rings (SSSR count). The van der Waals surface area contributed by atoms with Crippen molar-refractivity contribution >= 4 is 22.4 Å². The Kier molecular flexibility index (Phi) is 4.16. The number of aromatic nitrogens is 3. The molecule has 5 nitrogen and oxygen atoms in total. The summed E-state index contributed by atoms with van der Waals surface area (Å²) in [5, 5.41) is 11.6. The van der Waals surface area contributed by atoms with Crippen LogP contribution in [0.25, 0.3) is 0 Å². The Morgan fingerprint density at radius 3 is 2.95 bits per heavy atom. The number of nitrogens with zero attached hydrogens (tertiary/aromatic N) is 3. The van der Waals surface area contributed by atoms with Gasteiger partial charge in [-0.3, -0.25) is 10.1 Å². The van der Waals surface area contributed by atoms with Gasteiger partial charge in [-0.05, 0) is 18.1 Å². The molecular formula is C12H13FN4OS. The van der Waals surface area contributed by atoms with Crippen molar-refractivity contribution in [2.24, 2.45) is 5.92 Å². The molecule has 1 amide bonds. The quantitative estimate of drug-likeness (QED) is 0.874. The predicted octanol–water partition coefficient (Wildman–Crippen LogP) is 2.52. The van der Waals surface area contributed by atoms with E-state index < -0.39 is 11.9 Å². The van der Waals surface area contributed by atoms with E-state index in [4.69, 9.17) is 0 Å². The standard InChI is InChI=1S/C12H13FN4OS/c1-7(2)6-9-16-17-12(19-9)15-11(18)8-4-3-5-14-10(8)13/h3-5,7H,6H2,1-2H3,(H,15,17,18). The average molecular weight is 280 g/mol. The molecule has 0 bridgehead atoms. The first-order valence-electron chi connectivity index (χ1n) is 5.80. The SMILES string of the molecule is CC(C)Cc1nnc(NC(=O)c2cccnc2F)s1. The summed E-state index contributed by atoms with van der Waals surface area (Å²) in [4.78, 5) is 15.2. The summed E-state index contributed by atoms with van der Waals surface area (Å²) >= 11 is 1.29. The van der Waals surface area contributed by atoms with E-state index in [9.17, 15) is 9.18 Å². The first-order chi connectivity index (χ1) is 9.06. The number of hydrogen-bond donors (Lipinski definition) is 1. The Hall–Kier alpha value is -1.89. The lowest BCUT2D eigenvalue weighted by atomic mass is 10.1. The fraction of sp³-hybridized carbons (Fsp3) is 0.333. The highest BCUT2D eigenvalue weighted by molar-refractivity contribution is 7.15. The van der Waals surface area contributed by atoms with Gasteiger partial charge in [0.15, 0.2) is 0 Å². The average Bonchev–Trinajstić information content (AvgIpc) is 2.76. The molecule has 0 aliphatic rings. The van der Waals surface area contributed by atoms with Crippen LogP contribution in [0.4, 0.5) is 9.52 Å². The summed E-state index contributed by atoms with van der Waals surface area (Å²) < 4.78 is 13.3. The number of nitrogens with one attached hydrogen (secondary N) is 1. The summed E-state index contributed by atoms with van der Waals surface area (Å²) in [5.41, 5.74) is -0.108. The number of pyridine rings is 1. The molecule has 0 aromatic carbocycles. The van der Waals surface area contributed by atoms with Crippen LogP contribution >= 0.6 is 11.3 Å². The fourth-order valence-corrected chi connectivity index (χ4v) is 2.40. The van der Waals surface area contributed by atoms with Crippen molar-refractivity contribution in [2.75, 3.05) is 5.32 Å².